The minimum absolute atomic E-state index is 0.295. The number of fused-ring (bicyclic) bond motifs is 1. The number of rotatable bonds is 0. The molecule has 0 amide bonds. The maximum Gasteiger partial charge on any atom is 0.134 e. The molecule has 1 atom stereocenters. The van der Waals surface area contributed by atoms with E-state index in [4.69, 9.17) is 0 Å². The van der Waals surface area contributed by atoms with E-state index in [0.717, 1.165) is 12.8 Å². The predicted octanol–water partition coefficient (Wildman–Crippen LogP) is 2.94. The van der Waals surface area contributed by atoms with E-state index in [1.54, 1.807) is 6.20 Å². The molecular weight excluding hydrogens is 186 g/mol. The summed E-state index contributed by atoms with van der Waals surface area (Å²) < 4.78 is 0. The molecular formula is C13H19NO. The largest absolute Gasteiger partial charge is 0.506 e. The molecule has 0 saturated carbocycles. The highest BCUT2D eigenvalue weighted by Crippen LogP contribution is 2.37. The molecule has 0 radical (unpaired) electrons. The molecule has 1 aliphatic rings. The fourth-order valence-electron chi connectivity index (χ4n) is 2.35. The Bertz CT molecular complexity index is 365. The average Bonchev–Trinajstić information content (AvgIpc) is 2.15. The Kier molecular flexibility index (Phi) is 2.45. The average molecular weight is 205 g/mol. The number of aryl methyl sites for hydroxylation is 1. The van der Waals surface area contributed by atoms with Crippen LogP contribution in [0, 0.1) is 11.3 Å². The van der Waals surface area contributed by atoms with Gasteiger partial charge in [0.2, 0.25) is 0 Å². The van der Waals surface area contributed by atoms with Gasteiger partial charge in [-0.1, -0.05) is 20.8 Å². The van der Waals surface area contributed by atoms with Crippen LogP contribution in [0.1, 0.15) is 38.4 Å². The van der Waals surface area contributed by atoms with Gasteiger partial charge in [-0.2, -0.15) is 0 Å². The molecule has 82 valence electrons. The summed E-state index contributed by atoms with van der Waals surface area (Å²) in [6, 6.07) is 1.88. The summed E-state index contributed by atoms with van der Waals surface area (Å²) in [5.74, 6) is 0.997. The monoisotopic (exact) mass is 205 g/mol. The third-order valence-electron chi connectivity index (χ3n) is 3.47. The van der Waals surface area contributed by atoms with Gasteiger partial charge in [0.1, 0.15) is 5.75 Å². The summed E-state index contributed by atoms with van der Waals surface area (Å²) in [6.45, 7) is 6.87. The number of hydrogen-bond donors (Lipinski definition) is 1. The van der Waals surface area contributed by atoms with E-state index in [9.17, 15) is 5.11 Å². The van der Waals surface area contributed by atoms with Crippen LogP contribution in [-0.4, -0.2) is 10.1 Å². The van der Waals surface area contributed by atoms with Crippen molar-refractivity contribution < 1.29 is 5.11 Å². The van der Waals surface area contributed by atoms with E-state index in [1.165, 1.54) is 17.7 Å². The fourth-order valence-corrected chi connectivity index (χ4v) is 2.35. The van der Waals surface area contributed by atoms with Crippen molar-refractivity contribution in [2.75, 3.05) is 0 Å². The SMILES string of the molecule is CC(C)(C)C1CCc2ncc(O)cc2C1. The summed E-state index contributed by atoms with van der Waals surface area (Å²) >= 11 is 0. The zero-order valence-corrected chi connectivity index (χ0v) is 9.75. The molecule has 15 heavy (non-hydrogen) atoms. The zero-order valence-electron chi connectivity index (χ0n) is 9.75. The van der Waals surface area contributed by atoms with Crippen molar-refractivity contribution in [2.45, 2.75) is 40.0 Å². The van der Waals surface area contributed by atoms with Gasteiger partial charge in [0.05, 0.1) is 6.20 Å². The van der Waals surface area contributed by atoms with Crippen LogP contribution in [0.4, 0.5) is 0 Å². The summed E-state index contributed by atoms with van der Waals surface area (Å²) in [7, 11) is 0. The number of aromatic nitrogens is 1. The summed E-state index contributed by atoms with van der Waals surface area (Å²) in [4.78, 5) is 4.29. The highest BCUT2D eigenvalue weighted by Gasteiger charge is 2.29. The number of pyridine rings is 1. The molecule has 1 aliphatic carbocycles. The minimum Gasteiger partial charge on any atom is -0.506 e. The molecule has 2 heteroatoms. The number of nitrogens with zero attached hydrogens (tertiary/aromatic N) is 1. The maximum absolute atomic E-state index is 9.41. The highest BCUT2D eigenvalue weighted by molar-refractivity contribution is 5.30. The molecule has 1 unspecified atom stereocenters. The first-order chi connectivity index (χ1) is 6.97. The maximum atomic E-state index is 9.41. The highest BCUT2D eigenvalue weighted by atomic mass is 16.3. The molecule has 2 nitrogen and oxygen atoms in total. The van der Waals surface area contributed by atoms with Crippen LogP contribution in [0.15, 0.2) is 12.3 Å². The minimum atomic E-state index is 0.295. The van der Waals surface area contributed by atoms with Gasteiger partial charge < -0.3 is 5.11 Å². The zero-order chi connectivity index (χ0) is 11.1. The third-order valence-corrected chi connectivity index (χ3v) is 3.47. The molecule has 1 N–H and O–H groups in total. The lowest BCUT2D eigenvalue weighted by molar-refractivity contribution is 0.214. The van der Waals surface area contributed by atoms with Crippen LogP contribution < -0.4 is 0 Å². The second-order valence-corrected chi connectivity index (χ2v) is 5.61. The van der Waals surface area contributed by atoms with Crippen LogP contribution in [0.2, 0.25) is 0 Å². The van der Waals surface area contributed by atoms with Gasteiger partial charge in [0, 0.05) is 5.69 Å². The van der Waals surface area contributed by atoms with Crippen LogP contribution in [0.5, 0.6) is 5.75 Å². The first-order valence-electron chi connectivity index (χ1n) is 5.63. The Labute approximate surface area is 91.4 Å². The van der Waals surface area contributed by atoms with Gasteiger partial charge in [-0.05, 0) is 42.2 Å². The van der Waals surface area contributed by atoms with Crippen molar-refractivity contribution in [3.8, 4) is 5.75 Å². The lowest BCUT2D eigenvalue weighted by Crippen LogP contribution is -2.27. The van der Waals surface area contributed by atoms with Crippen molar-refractivity contribution in [2.24, 2.45) is 11.3 Å². The van der Waals surface area contributed by atoms with Crippen LogP contribution in [0.3, 0.4) is 0 Å². The Morgan fingerprint density at radius 1 is 1.40 bits per heavy atom. The van der Waals surface area contributed by atoms with Gasteiger partial charge in [-0.15, -0.1) is 0 Å². The van der Waals surface area contributed by atoms with Crippen molar-refractivity contribution in [3.63, 3.8) is 0 Å². The second-order valence-electron chi connectivity index (χ2n) is 5.61. The lowest BCUT2D eigenvalue weighted by Gasteiger charge is -2.34. The molecule has 0 saturated heterocycles. The Balaban J connectivity index is 2.26. The summed E-state index contributed by atoms with van der Waals surface area (Å²) in [5, 5.41) is 9.41. The van der Waals surface area contributed by atoms with Gasteiger partial charge in [-0.3, -0.25) is 4.98 Å². The van der Waals surface area contributed by atoms with Gasteiger partial charge in [0.15, 0.2) is 0 Å². The van der Waals surface area contributed by atoms with Crippen molar-refractivity contribution >= 4 is 0 Å². The van der Waals surface area contributed by atoms with E-state index in [0.29, 0.717) is 17.1 Å². The van der Waals surface area contributed by atoms with E-state index >= 15 is 0 Å². The molecule has 0 aromatic carbocycles. The number of hydrogen-bond acceptors (Lipinski definition) is 2. The molecule has 1 aromatic heterocycles. The molecule has 0 spiro atoms. The van der Waals surface area contributed by atoms with E-state index < -0.39 is 0 Å². The van der Waals surface area contributed by atoms with Crippen molar-refractivity contribution in [3.05, 3.63) is 23.5 Å². The Morgan fingerprint density at radius 3 is 2.80 bits per heavy atom. The first-order valence-corrected chi connectivity index (χ1v) is 5.63. The molecule has 1 heterocycles. The quantitative estimate of drug-likeness (QED) is 0.706. The van der Waals surface area contributed by atoms with Crippen LogP contribution in [0.25, 0.3) is 0 Å². The third kappa shape index (κ3) is 2.14. The normalized spacial score (nSPS) is 21.1. The number of aromatic hydroxyl groups is 1. The molecule has 0 bridgehead atoms. The lowest BCUT2D eigenvalue weighted by atomic mass is 9.71. The predicted molar refractivity (Wildman–Crippen MR) is 60.9 cm³/mol. The van der Waals surface area contributed by atoms with Crippen LogP contribution in [-0.2, 0) is 12.8 Å². The van der Waals surface area contributed by atoms with E-state index in [-0.39, 0.29) is 0 Å². The topological polar surface area (TPSA) is 33.1 Å². The standard InChI is InChI=1S/C13H19NO/c1-13(2,3)10-4-5-12-9(6-10)7-11(15)8-14-12/h7-8,10,15H,4-6H2,1-3H3. The first kappa shape index (κ1) is 10.5. The molecule has 1 aromatic rings. The van der Waals surface area contributed by atoms with Gasteiger partial charge >= 0.3 is 0 Å². The van der Waals surface area contributed by atoms with Gasteiger partial charge in [0.25, 0.3) is 0 Å². The molecule has 0 aliphatic heterocycles. The van der Waals surface area contributed by atoms with Crippen molar-refractivity contribution in [1.29, 1.82) is 0 Å². The second kappa shape index (κ2) is 3.51. The Morgan fingerprint density at radius 2 is 2.13 bits per heavy atom. The van der Waals surface area contributed by atoms with Crippen molar-refractivity contribution in [1.82, 2.24) is 4.98 Å². The summed E-state index contributed by atoms with van der Waals surface area (Å²) in [6.07, 6.45) is 4.88. The van der Waals surface area contributed by atoms with E-state index in [2.05, 4.69) is 25.8 Å². The fraction of sp³-hybridized carbons (Fsp3) is 0.615. The smallest absolute Gasteiger partial charge is 0.134 e. The Hall–Kier alpha value is -1.05. The molecule has 2 rings (SSSR count). The van der Waals surface area contributed by atoms with Gasteiger partial charge in [-0.25, -0.2) is 0 Å². The van der Waals surface area contributed by atoms with Crippen LogP contribution >= 0.6 is 0 Å². The molecule has 0 fully saturated rings. The van der Waals surface area contributed by atoms with E-state index in [1.807, 2.05) is 6.07 Å². The summed E-state index contributed by atoms with van der Waals surface area (Å²) in [5.41, 5.74) is 2.76.